The molecular formula is C16H25NO2. The maximum absolute atomic E-state index is 12.0. The molecule has 0 amide bonds. The van der Waals surface area contributed by atoms with Crippen molar-refractivity contribution in [1.82, 2.24) is 0 Å². The molecule has 2 aliphatic carbocycles. The minimum atomic E-state index is -0.766. The topological polar surface area (TPSA) is 61.1 Å². The summed E-state index contributed by atoms with van der Waals surface area (Å²) in [5.41, 5.74) is -1.17. The van der Waals surface area contributed by atoms with Crippen molar-refractivity contribution in [2.24, 2.45) is 35.0 Å². The average molecular weight is 263 g/mol. The van der Waals surface area contributed by atoms with Gasteiger partial charge in [0, 0.05) is 5.41 Å². The first-order valence-corrected chi connectivity index (χ1v) is 7.26. The Hall–Kier alpha value is -0.880. The van der Waals surface area contributed by atoms with E-state index in [0.29, 0.717) is 6.42 Å². The first-order chi connectivity index (χ1) is 8.63. The maximum atomic E-state index is 12.0. The minimum absolute atomic E-state index is 0.125. The van der Waals surface area contributed by atoms with E-state index in [1.165, 1.54) is 0 Å². The fourth-order valence-corrected chi connectivity index (χ4v) is 4.85. The number of carbonyl (C=O) groups excluding carboxylic acids is 1. The number of hydrogen-bond donors (Lipinski definition) is 1. The highest BCUT2D eigenvalue weighted by molar-refractivity contribution is 5.82. The number of rotatable bonds is 2. The van der Waals surface area contributed by atoms with Crippen molar-refractivity contribution in [3.05, 3.63) is 0 Å². The molecule has 3 nitrogen and oxygen atoms in total. The molecule has 0 aromatic rings. The fourth-order valence-electron chi connectivity index (χ4n) is 4.85. The van der Waals surface area contributed by atoms with Crippen LogP contribution in [0.25, 0.3) is 0 Å². The van der Waals surface area contributed by atoms with Gasteiger partial charge in [0.05, 0.1) is 17.6 Å². The van der Waals surface area contributed by atoms with Crippen molar-refractivity contribution < 1.29 is 9.90 Å². The molecule has 2 aliphatic rings. The summed E-state index contributed by atoms with van der Waals surface area (Å²) < 4.78 is 0. The van der Waals surface area contributed by atoms with E-state index in [4.69, 9.17) is 0 Å². The van der Waals surface area contributed by atoms with Gasteiger partial charge >= 0.3 is 0 Å². The van der Waals surface area contributed by atoms with Crippen LogP contribution >= 0.6 is 0 Å². The van der Waals surface area contributed by atoms with Gasteiger partial charge in [-0.2, -0.15) is 5.26 Å². The Kier molecular flexibility index (Phi) is 3.30. The Morgan fingerprint density at radius 2 is 2.05 bits per heavy atom. The van der Waals surface area contributed by atoms with E-state index < -0.39 is 11.0 Å². The molecule has 106 valence electrons. The van der Waals surface area contributed by atoms with E-state index >= 15 is 0 Å². The molecule has 2 rings (SSSR count). The third-order valence-electron chi connectivity index (χ3n) is 6.04. The molecule has 1 N–H and O–H groups in total. The number of carbonyl (C=O) groups is 1. The van der Waals surface area contributed by atoms with Gasteiger partial charge in [0.1, 0.15) is 5.78 Å². The Morgan fingerprint density at radius 3 is 2.53 bits per heavy atom. The monoisotopic (exact) mass is 263 g/mol. The lowest BCUT2D eigenvalue weighted by Gasteiger charge is -2.38. The van der Waals surface area contributed by atoms with Gasteiger partial charge in [0.25, 0.3) is 0 Å². The molecule has 0 aromatic carbocycles. The fraction of sp³-hybridized carbons (Fsp3) is 0.875. The highest BCUT2D eigenvalue weighted by Gasteiger charge is 2.59. The van der Waals surface area contributed by atoms with Crippen molar-refractivity contribution in [1.29, 1.82) is 5.26 Å². The Labute approximate surface area is 116 Å². The van der Waals surface area contributed by atoms with Gasteiger partial charge in [0.2, 0.25) is 0 Å². The summed E-state index contributed by atoms with van der Waals surface area (Å²) in [6.45, 7) is 9.65. The van der Waals surface area contributed by atoms with Crippen molar-refractivity contribution in [2.75, 3.05) is 0 Å². The van der Waals surface area contributed by atoms with E-state index in [1.54, 1.807) is 6.92 Å². The molecule has 0 saturated heterocycles. The van der Waals surface area contributed by atoms with Gasteiger partial charge in [0.15, 0.2) is 0 Å². The molecule has 2 saturated carbocycles. The molecule has 0 aliphatic heterocycles. The molecule has 2 fully saturated rings. The summed E-state index contributed by atoms with van der Waals surface area (Å²) in [5, 5.41) is 20.0. The largest absolute Gasteiger partial charge is 0.390 e. The molecule has 6 atom stereocenters. The van der Waals surface area contributed by atoms with E-state index in [1.807, 2.05) is 20.8 Å². The van der Waals surface area contributed by atoms with Crippen LogP contribution in [0.15, 0.2) is 0 Å². The van der Waals surface area contributed by atoms with Gasteiger partial charge in [-0.1, -0.05) is 20.8 Å². The summed E-state index contributed by atoms with van der Waals surface area (Å²) >= 11 is 0. The van der Waals surface area contributed by atoms with Crippen LogP contribution in [0.3, 0.4) is 0 Å². The van der Waals surface area contributed by atoms with Gasteiger partial charge in [-0.25, -0.2) is 0 Å². The quantitative estimate of drug-likeness (QED) is 0.833. The Balaban J connectivity index is 2.43. The smallest absolute Gasteiger partial charge is 0.135 e. The predicted molar refractivity (Wildman–Crippen MR) is 73.1 cm³/mol. The van der Waals surface area contributed by atoms with Crippen molar-refractivity contribution in [2.45, 2.75) is 53.1 Å². The molecule has 0 heterocycles. The molecule has 0 aromatic heterocycles. The standard InChI is InChI=1S/C16H25NO2/c1-9-13-6-12(11(8-17)7-16(13,5)19)14(9)15(3,4)10(2)18/h9,11-14,19H,6-7H2,1-5H3/t9-,11?,12?,13?,14?,16?/m0/s1. The summed E-state index contributed by atoms with van der Waals surface area (Å²) in [6, 6.07) is 2.38. The summed E-state index contributed by atoms with van der Waals surface area (Å²) in [4.78, 5) is 12.0. The second-order valence-corrected chi connectivity index (χ2v) is 7.47. The highest BCUT2D eigenvalue weighted by Crippen LogP contribution is 2.60. The Morgan fingerprint density at radius 1 is 1.47 bits per heavy atom. The second-order valence-electron chi connectivity index (χ2n) is 7.47. The van der Waals surface area contributed by atoms with Crippen LogP contribution < -0.4 is 0 Å². The number of aliphatic hydroxyl groups is 1. The third kappa shape index (κ3) is 2.01. The van der Waals surface area contributed by atoms with Crippen molar-refractivity contribution in [3.63, 3.8) is 0 Å². The third-order valence-corrected chi connectivity index (χ3v) is 6.04. The highest BCUT2D eigenvalue weighted by atomic mass is 16.3. The number of fused-ring (bicyclic) bond motifs is 2. The van der Waals surface area contributed by atoms with E-state index in [0.717, 1.165) is 6.42 Å². The van der Waals surface area contributed by atoms with Crippen LogP contribution in [0.2, 0.25) is 0 Å². The number of nitrogens with zero attached hydrogens (tertiary/aromatic N) is 1. The van der Waals surface area contributed by atoms with Crippen LogP contribution in [0.1, 0.15) is 47.5 Å². The van der Waals surface area contributed by atoms with Crippen LogP contribution in [0.4, 0.5) is 0 Å². The first kappa shape index (κ1) is 14.5. The molecule has 3 heteroatoms. The zero-order valence-corrected chi connectivity index (χ0v) is 12.6. The van der Waals surface area contributed by atoms with Crippen LogP contribution in [0.5, 0.6) is 0 Å². The summed E-state index contributed by atoms with van der Waals surface area (Å²) in [6.07, 6.45) is 1.43. The van der Waals surface area contributed by atoms with Crippen LogP contribution in [-0.4, -0.2) is 16.5 Å². The second kappa shape index (κ2) is 4.31. The number of nitriles is 1. The van der Waals surface area contributed by atoms with E-state index in [2.05, 4.69) is 13.0 Å². The lowest BCUT2D eigenvalue weighted by Crippen LogP contribution is -2.41. The van der Waals surface area contributed by atoms with E-state index in [-0.39, 0.29) is 35.4 Å². The predicted octanol–water partition coefficient (Wildman–Crippen LogP) is 2.78. The van der Waals surface area contributed by atoms with Gasteiger partial charge in [-0.3, -0.25) is 4.79 Å². The normalized spacial score (nSPS) is 45.8. The Bertz CT molecular complexity index is 433. The molecule has 0 spiro atoms. The average Bonchev–Trinajstić information content (AvgIpc) is 2.61. The summed E-state index contributed by atoms with van der Waals surface area (Å²) in [7, 11) is 0. The number of ketones is 1. The van der Waals surface area contributed by atoms with Gasteiger partial charge in [-0.15, -0.1) is 0 Å². The molecule has 19 heavy (non-hydrogen) atoms. The van der Waals surface area contributed by atoms with Crippen molar-refractivity contribution >= 4 is 5.78 Å². The molecule has 5 unspecified atom stereocenters. The number of hydrogen-bond acceptors (Lipinski definition) is 3. The minimum Gasteiger partial charge on any atom is -0.390 e. The van der Waals surface area contributed by atoms with Crippen molar-refractivity contribution in [3.8, 4) is 6.07 Å². The summed E-state index contributed by atoms with van der Waals surface area (Å²) in [5.74, 6) is 1.02. The number of Topliss-reactive ketones (excluding diaryl/α,β-unsaturated/α-hetero) is 1. The zero-order valence-electron chi connectivity index (χ0n) is 12.6. The van der Waals surface area contributed by atoms with Crippen LogP contribution in [0, 0.1) is 46.3 Å². The van der Waals surface area contributed by atoms with Gasteiger partial charge < -0.3 is 5.11 Å². The molecule has 0 radical (unpaired) electrons. The van der Waals surface area contributed by atoms with Gasteiger partial charge in [-0.05, 0) is 50.4 Å². The van der Waals surface area contributed by atoms with E-state index in [9.17, 15) is 15.2 Å². The lowest BCUT2D eigenvalue weighted by atomic mass is 9.65. The zero-order chi connectivity index (χ0) is 14.6. The lowest BCUT2D eigenvalue weighted by molar-refractivity contribution is -0.129. The van der Waals surface area contributed by atoms with Crippen LogP contribution in [-0.2, 0) is 4.79 Å². The molecular weight excluding hydrogens is 238 g/mol. The maximum Gasteiger partial charge on any atom is 0.135 e. The first-order valence-electron chi connectivity index (χ1n) is 7.26. The molecule has 2 bridgehead atoms. The SMILES string of the molecule is CC(=O)C(C)(C)C1C2CC([C@@H]1C)C(C)(O)CC2C#N.